The Bertz CT molecular complexity index is 946. The van der Waals surface area contributed by atoms with Crippen LogP contribution < -0.4 is 5.32 Å². The van der Waals surface area contributed by atoms with Gasteiger partial charge in [0.25, 0.3) is 0 Å². The first kappa shape index (κ1) is 18.0. The molecule has 0 unspecified atom stereocenters. The monoisotopic (exact) mass is 341 g/mol. The van der Waals surface area contributed by atoms with E-state index in [4.69, 9.17) is 0 Å². The summed E-state index contributed by atoms with van der Waals surface area (Å²) in [6.45, 7) is 10.7. The molecule has 1 N–H and O–H groups in total. The van der Waals surface area contributed by atoms with Gasteiger partial charge in [-0.1, -0.05) is 48.0 Å². The molecule has 0 saturated carbocycles. The maximum absolute atomic E-state index is 3.54. The van der Waals surface area contributed by atoms with Crippen molar-refractivity contribution in [3.63, 3.8) is 0 Å². The highest BCUT2D eigenvalue weighted by atomic mass is 14.9. The third-order valence-electron chi connectivity index (χ3n) is 4.96. The molecule has 0 aliphatic rings. The van der Waals surface area contributed by atoms with Crippen molar-refractivity contribution in [3.8, 4) is 11.1 Å². The minimum atomic E-state index is 1.12. The van der Waals surface area contributed by atoms with E-state index < -0.39 is 0 Å². The molecule has 0 aliphatic heterocycles. The minimum Gasteiger partial charge on any atom is -0.356 e. The Labute approximate surface area is 157 Å². The zero-order chi connectivity index (χ0) is 18.7. The lowest BCUT2D eigenvalue weighted by atomic mass is 9.99. The van der Waals surface area contributed by atoms with Crippen LogP contribution >= 0.6 is 0 Å². The smallest absolute Gasteiger partial charge is 0.0387 e. The van der Waals surface area contributed by atoms with E-state index in [1.807, 2.05) is 0 Å². The number of anilines is 2. The maximum Gasteiger partial charge on any atom is 0.0387 e. The van der Waals surface area contributed by atoms with Gasteiger partial charge in [0.05, 0.1) is 0 Å². The van der Waals surface area contributed by atoms with Crippen LogP contribution in [0.4, 0.5) is 11.4 Å². The average Bonchev–Trinajstić information content (AvgIpc) is 2.62. The fraction of sp³-hybridized carbons (Fsp3) is 0.200. The summed E-state index contributed by atoms with van der Waals surface area (Å²) in [7, 11) is 0. The summed E-state index contributed by atoms with van der Waals surface area (Å²) in [6.07, 6.45) is 2.16. The molecule has 0 aliphatic carbocycles. The Morgan fingerprint density at radius 1 is 0.769 bits per heavy atom. The second-order valence-corrected chi connectivity index (χ2v) is 7.02. The van der Waals surface area contributed by atoms with Crippen molar-refractivity contribution in [1.82, 2.24) is 0 Å². The Morgan fingerprint density at radius 2 is 1.38 bits per heavy atom. The number of aryl methyl sites for hydroxylation is 3. The summed E-state index contributed by atoms with van der Waals surface area (Å²) < 4.78 is 0. The predicted molar refractivity (Wildman–Crippen MR) is 115 cm³/mol. The van der Waals surface area contributed by atoms with Crippen molar-refractivity contribution in [2.24, 2.45) is 0 Å². The number of nitrogens with one attached hydrogen (secondary N) is 1. The van der Waals surface area contributed by atoms with E-state index in [0.717, 1.165) is 11.4 Å². The first-order valence-corrected chi connectivity index (χ1v) is 9.16. The number of hydrogen-bond acceptors (Lipinski definition) is 1. The quantitative estimate of drug-likeness (QED) is 0.519. The molecule has 132 valence electrons. The van der Waals surface area contributed by atoms with Crippen molar-refractivity contribution in [1.29, 1.82) is 0 Å². The Kier molecular flexibility index (Phi) is 5.27. The normalized spacial score (nSPS) is 11.5. The number of hydrogen-bond donors (Lipinski definition) is 1. The third-order valence-corrected chi connectivity index (χ3v) is 4.96. The highest BCUT2D eigenvalue weighted by Crippen LogP contribution is 2.29. The van der Waals surface area contributed by atoms with Crippen LogP contribution in [0, 0.1) is 20.8 Å². The van der Waals surface area contributed by atoms with Gasteiger partial charge in [-0.05, 0) is 92.3 Å². The van der Waals surface area contributed by atoms with Gasteiger partial charge in [-0.3, -0.25) is 0 Å². The first-order chi connectivity index (χ1) is 12.5. The summed E-state index contributed by atoms with van der Waals surface area (Å²) in [4.78, 5) is 0. The molecular formula is C25H27N. The van der Waals surface area contributed by atoms with Crippen LogP contribution in [0.1, 0.15) is 36.1 Å². The number of benzene rings is 3. The summed E-state index contributed by atoms with van der Waals surface area (Å²) >= 11 is 0. The lowest BCUT2D eigenvalue weighted by Crippen LogP contribution is -1.94. The van der Waals surface area contributed by atoms with Crippen molar-refractivity contribution in [2.75, 3.05) is 5.32 Å². The topological polar surface area (TPSA) is 12.0 Å². The number of rotatable bonds is 4. The highest BCUT2D eigenvalue weighted by Gasteiger charge is 2.05. The molecule has 0 atom stereocenters. The highest BCUT2D eigenvalue weighted by molar-refractivity contribution is 5.74. The van der Waals surface area contributed by atoms with E-state index in [1.54, 1.807) is 0 Å². The molecule has 3 aromatic rings. The standard InChI is InChI=1S/C25H27N/c1-6-18(3)24-13-11-22(15-19(24)4)26-23-12-14-25(20(5)16-23)21-9-7-17(2)8-10-21/h6-16,26H,1-5H3. The third kappa shape index (κ3) is 3.88. The van der Waals surface area contributed by atoms with Gasteiger partial charge < -0.3 is 5.32 Å². The SMILES string of the molecule is CC=C(C)c1ccc(Nc2ccc(-c3ccc(C)cc3)c(C)c2)cc1C. The summed E-state index contributed by atoms with van der Waals surface area (Å²) in [5.41, 5.74) is 11.3. The molecular weight excluding hydrogens is 314 g/mol. The van der Waals surface area contributed by atoms with Gasteiger partial charge in [-0.2, -0.15) is 0 Å². The second kappa shape index (κ2) is 7.61. The summed E-state index contributed by atoms with van der Waals surface area (Å²) in [5.74, 6) is 0. The molecule has 0 heterocycles. The Balaban J connectivity index is 1.84. The molecule has 3 aromatic carbocycles. The molecule has 0 spiro atoms. The largest absolute Gasteiger partial charge is 0.356 e. The van der Waals surface area contributed by atoms with Crippen LogP contribution in [0.3, 0.4) is 0 Å². The number of allylic oxidation sites excluding steroid dienone is 2. The molecule has 0 amide bonds. The van der Waals surface area contributed by atoms with Crippen LogP contribution in [0.25, 0.3) is 16.7 Å². The van der Waals surface area contributed by atoms with E-state index in [2.05, 4.69) is 107 Å². The van der Waals surface area contributed by atoms with E-state index in [-0.39, 0.29) is 0 Å². The fourth-order valence-corrected chi connectivity index (χ4v) is 3.30. The van der Waals surface area contributed by atoms with Gasteiger partial charge in [-0.15, -0.1) is 0 Å². The Hall–Kier alpha value is -2.80. The summed E-state index contributed by atoms with van der Waals surface area (Å²) in [6, 6.07) is 21.8. The zero-order valence-electron chi connectivity index (χ0n) is 16.4. The molecule has 0 fully saturated rings. The van der Waals surface area contributed by atoms with Crippen molar-refractivity contribution < 1.29 is 0 Å². The van der Waals surface area contributed by atoms with E-state index >= 15 is 0 Å². The molecule has 0 radical (unpaired) electrons. The molecule has 1 nitrogen and oxygen atoms in total. The summed E-state index contributed by atoms with van der Waals surface area (Å²) in [5, 5.41) is 3.54. The van der Waals surface area contributed by atoms with Gasteiger partial charge in [0.1, 0.15) is 0 Å². The molecule has 1 heteroatoms. The second-order valence-electron chi connectivity index (χ2n) is 7.02. The van der Waals surface area contributed by atoms with Gasteiger partial charge in [-0.25, -0.2) is 0 Å². The van der Waals surface area contributed by atoms with Crippen molar-refractivity contribution >= 4 is 16.9 Å². The van der Waals surface area contributed by atoms with E-state index in [0.29, 0.717) is 0 Å². The lowest BCUT2D eigenvalue weighted by Gasteiger charge is -2.13. The minimum absolute atomic E-state index is 1.12. The van der Waals surface area contributed by atoms with Crippen LogP contribution in [-0.2, 0) is 0 Å². The van der Waals surface area contributed by atoms with E-state index in [1.165, 1.54) is 39.0 Å². The lowest BCUT2D eigenvalue weighted by molar-refractivity contribution is 1.38. The van der Waals surface area contributed by atoms with E-state index in [9.17, 15) is 0 Å². The van der Waals surface area contributed by atoms with Crippen LogP contribution in [0.15, 0.2) is 66.7 Å². The van der Waals surface area contributed by atoms with Gasteiger partial charge in [0.2, 0.25) is 0 Å². The van der Waals surface area contributed by atoms with Crippen LogP contribution in [0.5, 0.6) is 0 Å². The van der Waals surface area contributed by atoms with Gasteiger partial charge in [0, 0.05) is 11.4 Å². The molecule has 26 heavy (non-hydrogen) atoms. The molecule has 0 aromatic heterocycles. The predicted octanol–water partition coefficient (Wildman–Crippen LogP) is 7.45. The fourth-order valence-electron chi connectivity index (χ4n) is 3.30. The maximum atomic E-state index is 3.54. The van der Waals surface area contributed by atoms with Crippen LogP contribution in [0.2, 0.25) is 0 Å². The Morgan fingerprint density at radius 3 is 1.96 bits per heavy atom. The molecule has 3 rings (SSSR count). The first-order valence-electron chi connectivity index (χ1n) is 9.16. The van der Waals surface area contributed by atoms with Gasteiger partial charge >= 0.3 is 0 Å². The van der Waals surface area contributed by atoms with Crippen LogP contribution in [-0.4, -0.2) is 0 Å². The molecule has 0 bridgehead atoms. The average molecular weight is 341 g/mol. The molecule has 0 saturated heterocycles. The van der Waals surface area contributed by atoms with Crippen molar-refractivity contribution in [3.05, 3.63) is 89.0 Å². The van der Waals surface area contributed by atoms with Crippen molar-refractivity contribution in [2.45, 2.75) is 34.6 Å². The zero-order valence-corrected chi connectivity index (χ0v) is 16.4. The van der Waals surface area contributed by atoms with Gasteiger partial charge in [0.15, 0.2) is 0 Å².